The Kier molecular flexibility index (Phi) is 7.55. The summed E-state index contributed by atoms with van der Waals surface area (Å²) in [4.78, 5) is 28.0. The number of nitrogens with one attached hydrogen (secondary N) is 2. The van der Waals surface area contributed by atoms with E-state index in [1.807, 2.05) is 68.1 Å². The molecule has 182 valence electrons. The van der Waals surface area contributed by atoms with Crippen molar-refractivity contribution in [2.24, 2.45) is 0 Å². The normalized spacial score (nSPS) is 14.4. The number of rotatable bonds is 10. The van der Waals surface area contributed by atoms with Gasteiger partial charge in [0.2, 0.25) is 0 Å². The molecule has 3 aromatic carbocycles. The van der Waals surface area contributed by atoms with E-state index in [0.29, 0.717) is 36.6 Å². The maximum absolute atomic E-state index is 13.3. The van der Waals surface area contributed by atoms with Crippen LogP contribution >= 0.6 is 0 Å². The molecule has 0 bridgehead atoms. The Morgan fingerprint density at radius 3 is 2.03 bits per heavy atom. The molecular weight excluding hydrogens is 442 g/mol. The Balaban J connectivity index is 1.54. The Morgan fingerprint density at radius 1 is 0.857 bits per heavy atom. The lowest BCUT2D eigenvalue weighted by Crippen LogP contribution is -2.32. The minimum Gasteiger partial charge on any atom is -0.494 e. The van der Waals surface area contributed by atoms with Crippen molar-refractivity contribution in [3.8, 4) is 11.5 Å². The van der Waals surface area contributed by atoms with Gasteiger partial charge >= 0.3 is 0 Å². The van der Waals surface area contributed by atoms with Crippen molar-refractivity contribution in [1.29, 1.82) is 0 Å². The van der Waals surface area contributed by atoms with E-state index in [9.17, 15) is 9.59 Å². The summed E-state index contributed by atoms with van der Waals surface area (Å²) in [6, 6.07) is 20.2. The SMILES string of the molecule is CCCN1C(=O)c2cc(C(=O)Nc3ccc(OCC)cc3)ccc2[C@H]1Nc1ccc(OCC)cc1. The standard InChI is InChI=1S/C28H31N3O4/c1-4-17-31-26(29-20-8-12-22(13-9-20)34-5-2)24-16-7-19(18-25(24)28(31)33)27(32)30-21-10-14-23(15-11-21)35-6-3/h7-16,18,26,29H,4-6,17H2,1-3H3,(H,30,32)/t26-/m0/s1. The molecule has 0 unspecified atom stereocenters. The number of anilines is 2. The highest BCUT2D eigenvalue weighted by molar-refractivity contribution is 6.07. The van der Waals surface area contributed by atoms with E-state index in [2.05, 4.69) is 10.6 Å². The molecule has 1 heterocycles. The van der Waals surface area contributed by atoms with E-state index >= 15 is 0 Å². The molecule has 7 heteroatoms. The lowest BCUT2D eigenvalue weighted by molar-refractivity contribution is 0.0743. The smallest absolute Gasteiger partial charge is 0.256 e. The number of carbonyl (C=O) groups is 2. The predicted octanol–water partition coefficient (Wildman–Crippen LogP) is 5.71. The fourth-order valence-corrected chi connectivity index (χ4v) is 4.16. The van der Waals surface area contributed by atoms with E-state index < -0.39 is 0 Å². The molecule has 2 amide bonds. The van der Waals surface area contributed by atoms with Crippen molar-refractivity contribution in [2.75, 3.05) is 30.4 Å². The highest BCUT2D eigenvalue weighted by atomic mass is 16.5. The highest BCUT2D eigenvalue weighted by Gasteiger charge is 2.36. The van der Waals surface area contributed by atoms with Gasteiger partial charge in [-0.15, -0.1) is 0 Å². The van der Waals surface area contributed by atoms with E-state index in [4.69, 9.17) is 9.47 Å². The van der Waals surface area contributed by atoms with Crippen LogP contribution in [0.15, 0.2) is 66.7 Å². The van der Waals surface area contributed by atoms with Gasteiger partial charge in [-0.2, -0.15) is 0 Å². The lowest BCUT2D eigenvalue weighted by atomic mass is 10.0. The van der Waals surface area contributed by atoms with Crippen molar-refractivity contribution < 1.29 is 19.1 Å². The molecule has 0 spiro atoms. The first-order valence-corrected chi connectivity index (χ1v) is 12.0. The molecular formula is C28H31N3O4. The summed E-state index contributed by atoms with van der Waals surface area (Å²) in [5.41, 5.74) is 3.38. The summed E-state index contributed by atoms with van der Waals surface area (Å²) in [7, 11) is 0. The quantitative estimate of drug-likeness (QED) is 0.394. The summed E-state index contributed by atoms with van der Waals surface area (Å²) < 4.78 is 11.0. The number of hydrogen-bond donors (Lipinski definition) is 2. The second kappa shape index (κ2) is 11.0. The molecule has 0 saturated carbocycles. The van der Waals surface area contributed by atoms with Crippen LogP contribution in [0.5, 0.6) is 11.5 Å². The number of nitrogens with zero attached hydrogens (tertiary/aromatic N) is 1. The van der Waals surface area contributed by atoms with Crippen LogP contribution in [0.25, 0.3) is 0 Å². The van der Waals surface area contributed by atoms with Gasteiger partial charge in [-0.3, -0.25) is 9.59 Å². The van der Waals surface area contributed by atoms with Gasteiger partial charge in [0.25, 0.3) is 11.8 Å². The second-order valence-electron chi connectivity index (χ2n) is 8.22. The molecule has 0 saturated heterocycles. The number of hydrogen-bond acceptors (Lipinski definition) is 5. The van der Waals surface area contributed by atoms with E-state index in [1.54, 1.807) is 24.3 Å². The van der Waals surface area contributed by atoms with Gasteiger partial charge in [0.05, 0.1) is 13.2 Å². The zero-order chi connectivity index (χ0) is 24.8. The van der Waals surface area contributed by atoms with Gasteiger partial charge in [0, 0.05) is 34.6 Å². The average molecular weight is 474 g/mol. The van der Waals surface area contributed by atoms with Crippen LogP contribution in [0.2, 0.25) is 0 Å². The molecule has 3 aromatic rings. The third-order valence-corrected chi connectivity index (χ3v) is 5.77. The Labute approximate surface area is 206 Å². The van der Waals surface area contributed by atoms with E-state index in [1.165, 1.54) is 0 Å². The zero-order valence-corrected chi connectivity index (χ0v) is 20.3. The van der Waals surface area contributed by atoms with Crippen LogP contribution in [-0.2, 0) is 0 Å². The number of benzene rings is 3. The van der Waals surface area contributed by atoms with Crippen LogP contribution < -0.4 is 20.1 Å². The van der Waals surface area contributed by atoms with Crippen LogP contribution in [0.4, 0.5) is 11.4 Å². The molecule has 0 fully saturated rings. The minimum atomic E-state index is -0.307. The number of fused-ring (bicyclic) bond motifs is 1. The van der Waals surface area contributed by atoms with Gasteiger partial charge in [0.15, 0.2) is 0 Å². The van der Waals surface area contributed by atoms with Crippen LogP contribution in [0.3, 0.4) is 0 Å². The average Bonchev–Trinajstić information content (AvgIpc) is 3.12. The number of carbonyl (C=O) groups excluding carboxylic acids is 2. The summed E-state index contributed by atoms with van der Waals surface area (Å²) in [6.07, 6.45) is 0.519. The summed E-state index contributed by atoms with van der Waals surface area (Å²) in [5.74, 6) is 1.20. The molecule has 35 heavy (non-hydrogen) atoms. The van der Waals surface area contributed by atoms with Gasteiger partial charge in [-0.1, -0.05) is 13.0 Å². The maximum atomic E-state index is 13.3. The van der Waals surface area contributed by atoms with Crippen LogP contribution in [-0.4, -0.2) is 36.5 Å². The zero-order valence-electron chi connectivity index (χ0n) is 20.3. The van der Waals surface area contributed by atoms with E-state index in [-0.39, 0.29) is 18.0 Å². The molecule has 0 aliphatic carbocycles. The molecule has 2 N–H and O–H groups in total. The lowest BCUT2D eigenvalue weighted by Gasteiger charge is -2.26. The first-order chi connectivity index (χ1) is 17.0. The summed E-state index contributed by atoms with van der Waals surface area (Å²) in [5, 5.41) is 6.36. The fourth-order valence-electron chi connectivity index (χ4n) is 4.16. The van der Waals surface area contributed by atoms with Crippen molar-refractivity contribution in [3.63, 3.8) is 0 Å². The molecule has 4 rings (SSSR count). The second-order valence-corrected chi connectivity index (χ2v) is 8.22. The third-order valence-electron chi connectivity index (χ3n) is 5.77. The minimum absolute atomic E-state index is 0.0824. The van der Waals surface area contributed by atoms with Crippen LogP contribution in [0, 0.1) is 0 Å². The van der Waals surface area contributed by atoms with Gasteiger partial charge < -0.3 is 25.0 Å². The number of amides is 2. The van der Waals surface area contributed by atoms with Crippen LogP contribution in [0.1, 0.15) is 59.6 Å². The maximum Gasteiger partial charge on any atom is 0.256 e. The summed E-state index contributed by atoms with van der Waals surface area (Å²) >= 11 is 0. The largest absolute Gasteiger partial charge is 0.494 e. The molecule has 0 radical (unpaired) electrons. The third kappa shape index (κ3) is 5.40. The first-order valence-electron chi connectivity index (χ1n) is 12.0. The molecule has 0 aromatic heterocycles. The van der Waals surface area contributed by atoms with Gasteiger partial charge in [-0.25, -0.2) is 0 Å². The van der Waals surface area contributed by atoms with Gasteiger partial charge in [0.1, 0.15) is 17.7 Å². The molecule has 1 atom stereocenters. The Morgan fingerprint density at radius 2 is 1.46 bits per heavy atom. The highest BCUT2D eigenvalue weighted by Crippen LogP contribution is 2.35. The number of ether oxygens (including phenoxy) is 2. The van der Waals surface area contributed by atoms with Crippen molar-refractivity contribution >= 4 is 23.2 Å². The van der Waals surface area contributed by atoms with E-state index in [0.717, 1.165) is 29.2 Å². The monoisotopic (exact) mass is 473 g/mol. The molecule has 1 aliphatic heterocycles. The van der Waals surface area contributed by atoms with Gasteiger partial charge in [-0.05, 0) is 80.9 Å². The molecule has 1 aliphatic rings. The van der Waals surface area contributed by atoms with Crippen molar-refractivity contribution in [3.05, 3.63) is 83.4 Å². The predicted molar refractivity (Wildman–Crippen MR) is 137 cm³/mol. The first kappa shape index (κ1) is 24.1. The molecule has 7 nitrogen and oxygen atoms in total. The topological polar surface area (TPSA) is 79.9 Å². The summed E-state index contributed by atoms with van der Waals surface area (Å²) in [6.45, 7) is 7.71. The van der Waals surface area contributed by atoms with Crippen molar-refractivity contribution in [2.45, 2.75) is 33.4 Å². The van der Waals surface area contributed by atoms with Crippen molar-refractivity contribution in [1.82, 2.24) is 4.90 Å². The Hall–Kier alpha value is -4.00. The Bertz CT molecular complexity index is 1180. The fraction of sp³-hybridized carbons (Fsp3) is 0.286.